The highest BCUT2D eigenvalue weighted by molar-refractivity contribution is 7.92. The molecule has 20 heavy (non-hydrogen) atoms. The van der Waals surface area contributed by atoms with Crippen LogP contribution in [0.2, 0.25) is 0 Å². The second-order valence-electron chi connectivity index (χ2n) is 5.11. The van der Waals surface area contributed by atoms with Gasteiger partial charge < -0.3 is 0 Å². The van der Waals surface area contributed by atoms with Gasteiger partial charge in [0, 0.05) is 19.2 Å². The van der Waals surface area contributed by atoms with Gasteiger partial charge in [-0.15, -0.1) is 0 Å². The first kappa shape index (κ1) is 13.2. The molecular weight excluding hydrogens is 274 g/mol. The van der Waals surface area contributed by atoms with Gasteiger partial charge in [0.05, 0.1) is 11.1 Å². The van der Waals surface area contributed by atoms with E-state index >= 15 is 0 Å². The quantitative estimate of drug-likeness (QED) is 0.851. The van der Waals surface area contributed by atoms with E-state index in [0.29, 0.717) is 17.3 Å². The van der Waals surface area contributed by atoms with Crippen LogP contribution in [0.1, 0.15) is 17.5 Å². The van der Waals surface area contributed by atoms with E-state index in [1.54, 1.807) is 23.0 Å². The maximum Gasteiger partial charge on any atom is 0.265 e. The van der Waals surface area contributed by atoms with E-state index in [2.05, 4.69) is 5.10 Å². The van der Waals surface area contributed by atoms with Crippen molar-refractivity contribution in [2.24, 2.45) is 0 Å². The fraction of sp³-hybridized carbons (Fsp3) is 0.357. The molecule has 3 rings (SSSR count). The highest BCUT2D eigenvalue weighted by atomic mass is 32.2. The average Bonchev–Trinajstić information content (AvgIpc) is 2.89. The number of hydrogen-bond acceptors (Lipinski definition) is 3. The molecule has 0 fully saturated rings. The van der Waals surface area contributed by atoms with Crippen LogP contribution in [0.5, 0.6) is 0 Å². The number of benzene rings is 1. The van der Waals surface area contributed by atoms with Crippen LogP contribution in [0.25, 0.3) is 0 Å². The lowest BCUT2D eigenvalue weighted by molar-refractivity contribution is 0.532. The van der Waals surface area contributed by atoms with Crippen LogP contribution >= 0.6 is 0 Å². The normalized spacial score (nSPS) is 15.2. The fourth-order valence-electron chi connectivity index (χ4n) is 2.54. The molecule has 0 atom stereocenters. The van der Waals surface area contributed by atoms with Crippen molar-refractivity contribution in [1.82, 2.24) is 9.78 Å². The van der Waals surface area contributed by atoms with E-state index in [1.807, 2.05) is 26.0 Å². The largest absolute Gasteiger partial charge is 0.265 e. The minimum absolute atomic E-state index is 0.382. The highest BCUT2D eigenvalue weighted by Gasteiger charge is 2.30. The van der Waals surface area contributed by atoms with Crippen molar-refractivity contribution in [3.8, 4) is 0 Å². The van der Waals surface area contributed by atoms with Gasteiger partial charge in [-0.2, -0.15) is 5.10 Å². The smallest absolute Gasteiger partial charge is 0.250 e. The zero-order valence-corrected chi connectivity index (χ0v) is 12.4. The molecule has 0 spiro atoms. The zero-order chi connectivity index (χ0) is 14.3. The SMILES string of the molecule is Cc1ccc(C)c(S(=O)(=O)N2CCCn3nccc32)c1. The second kappa shape index (κ2) is 4.63. The first-order valence-electron chi connectivity index (χ1n) is 6.62. The van der Waals surface area contributed by atoms with Gasteiger partial charge in [-0.1, -0.05) is 12.1 Å². The maximum atomic E-state index is 12.9. The molecular formula is C14H17N3O2S. The van der Waals surface area contributed by atoms with Crippen LogP contribution in [0.15, 0.2) is 35.4 Å². The van der Waals surface area contributed by atoms with Crippen molar-refractivity contribution < 1.29 is 8.42 Å². The number of sulfonamides is 1. The lowest BCUT2D eigenvalue weighted by Crippen LogP contribution is -2.37. The van der Waals surface area contributed by atoms with Gasteiger partial charge in [-0.3, -0.25) is 0 Å². The molecule has 1 aliphatic rings. The number of aryl methyl sites for hydroxylation is 3. The average molecular weight is 291 g/mol. The Hall–Kier alpha value is -1.82. The summed E-state index contributed by atoms with van der Waals surface area (Å²) in [5.41, 5.74) is 1.71. The zero-order valence-electron chi connectivity index (χ0n) is 11.6. The fourth-order valence-corrected chi connectivity index (χ4v) is 4.35. The Morgan fingerprint density at radius 3 is 2.75 bits per heavy atom. The highest BCUT2D eigenvalue weighted by Crippen LogP contribution is 2.28. The lowest BCUT2D eigenvalue weighted by Gasteiger charge is -2.29. The van der Waals surface area contributed by atoms with Gasteiger partial charge in [-0.25, -0.2) is 17.4 Å². The standard InChI is InChI=1S/C14H17N3O2S/c1-11-4-5-12(2)13(10-11)20(18,19)17-9-3-8-16-14(17)6-7-15-16/h4-7,10H,3,8-9H2,1-2H3. The molecule has 2 heterocycles. The third kappa shape index (κ3) is 2.00. The summed E-state index contributed by atoms with van der Waals surface area (Å²) in [4.78, 5) is 0.382. The molecule has 2 aromatic rings. The Labute approximate surface area is 118 Å². The Bertz CT molecular complexity index is 750. The minimum Gasteiger partial charge on any atom is -0.250 e. The molecule has 1 aromatic carbocycles. The van der Waals surface area contributed by atoms with Crippen molar-refractivity contribution in [2.45, 2.75) is 31.7 Å². The molecule has 6 heteroatoms. The summed E-state index contributed by atoms with van der Waals surface area (Å²) >= 11 is 0. The molecule has 0 saturated heterocycles. The van der Waals surface area contributed by atoms with Crippen molar-refractivity contribution in [3.63, 3.8) is 0 Å². The number of aromatic nitrogens is 2. The summed E-state index contributed by atoms with van der Waals surface area (Å²) in [5, 5.41) is 4.16. The van der Waals surface area contributed by atoms with Gasteiger partial charge in [0.25, 0.3) is 10.0 Å². The monoisotopic (exact) mass is 291 g/mol. The van der Waals surface area contributed by atoms with Crippen LogP contribution in [0.3, 0.4) is 0 Å². The molecule has 1 aliphatic heterocycles. The number of hydrogen-bond donors (Lipinski definition) is 0. The first-order valence-corrected chi connectivity index (χ1v) is 8.06. The summed E-state index contributed by atoms with van der Waals surface area (Å²) in [5.74, 6) is 0.650. The lowest BCUT2D eigenvalue weighted by atomic mass is 10.2. The van der Waals surface area contributed by atoms with E-state index < -0.39 is 10.0 Å². The van der Waals surface area contributed by atoms with Gasteiger partial charge in [0.2, 0.25) is 0 Å². The van der Waals surface area contributed by atoms with Gasteiger partial charge in [0.1, 0.15) is 5.82 Å². The summed E-state index contributed by atoms with van der Waals surface area (Å²) in [6.07, 6.45) is 2.42. The van der Waals surface area contributed by atoms with Gasteiger partial charge >= 0.3 is 0 Å². The summed E-state index contributed by atoms with van der Waals surface area (Å²) in [6, 6.07) is 7.26. The molecule has 0 N–H and O–H groups in total. The van der Waals surface area contributed by atoms with Gasteiger partial charge in [-0.05, 0) is 37.5 Å². The summed E-state index contributed by atoms with van der Waals surface area (Å²) in [7, 11) is -3.53. The molecule has 0 radical (unpaired) electrons. The van der Waals surface area contributed by atoms with Crippen LogP contribution in [0, 0.1) is 13.8 Å². The molecule has 0 bridgehead atoms. The Kier molecular flexibility index (Phi) is 3.05. The Morgan fingerprint density at radius 2 is 1.95 bits per heavy atom. The minimum atomic E-state index is -3.53. The topological polar surface area (TPSA) is 55.2 Å². The van der Waals surface area contributed by atoms with E-state index in [0.717, 1.165) is 24.1 Å². The molecule has 0 unspecified atom stereocenters. The number of anilines is 1. The van der Waals surface area contributed by atoms with Crippen LogP contribution in [0.4, 0.5) is 5.82 Å². The van der Waals surface area contributed by atoms with Crippen LogP contribution in [-0.2, 0) is 16.6 Å². The predicted molar refractivity (Wildman–Crippen MR) is 77.3 cm³/mol. The third-order valence-electron chi connectivity index (χ3n) is 3.59. The van der Waals surface area contributed by atoms with Crippen molar-refractivity contribution >= 4 is 15.8 Å². The summed E-state index contributed by atoms with van der Waals surface area (Å²) in [6.45, 7) is 5.00. The van der Waals surface area contributed by atoms with E-state index in [-0.39, 0.29) is 0 Å². The van der Waals surface area contributed by atoms with E-state index in [9.17, 15) is 8.42 Å². The summed E-state index contributed by atoms with van der Waals surface area (Å²) < 4.78 is 29.0. The molecule has 0 saturated carbocycles. The molecule has 1 aromatic heterocycles. The second-order valence-corrected chi connectivity index (χ2v) is 6.94. The number of fused-ring (bicyclic) bond motifs is 1. The maximum absolute atomic E-state index is 12.9. The Morgan fingerprint density at radius 1 is 1.15 bits per heavy atom. The molecule has 106 valence electrons. The van der Waals surface area contributed by atoms with E-state index in [4.69, 9.17) is 0 Å². The number of rotatable bonds is 2. The van der Waals surface area contributed by atoms with Crippen LogP contribution < -0.4 is 4.31 Å². The first-order chi connectivity index (χ1) is 9.50. The van der Waals surface area contributed by atoms with Gasteiger partial charge in [0.15, 0.2) is 0 Å². The van der Waals surface area contributed by atoms with Crippen molar-refractivity contribution in [2.75, 3.05) is 10.8 Å². The van der Waals surface area contributed by atoms with Crippen LogP contribution in [-0.4, -0.2) is 24.7 Å². The van der Waals surface area contributed by atoms with Crippen molar-refractivity contribution in [3.05, 3.63) is 41.6 Å². The molecule has 0 aliphatic carbocycles. The molecule has 0 amide bonds. The number of nitrogens with zero attached hydrogens (tertiary/aromatic N) is 3. The van der Waals surface area contributed by atoms with E-state index in [1.165, 1.54) is 4.31 Å². The van der Waals surface area contributed by atoms with Crippen molar-refractivity contribution in [1.29, 1.82) is 0 Å². The molecule has 5 nitrogen and oxygen atoms in total. The third-order valence-corrected chi connectivity index (χ3v) is 5.54. The Balaban J connectivity index is 2.13. The predicted octanol–water partition coefficient (Wildman–Crippen LogP) is 2.10.